The van der Waals surface area contributed by atoms with E-state index in [4.69, 9.17) is 0 Å². The smallest absolute Gasteiger partial charge is 0.263 e. The SMILES string of the molecule is Cn1cccc(C(=O)Nc2ccc(N3CCCCC3)nc2)c1=O. The number of piperidine rings is 1. The van der Waals surface area contributed by atoms with Crippen molar-refractivity contribution in [3.63, 3.8) is 0 Å². The number of nitrogens with zero attached hydrogens (tertiary/aromatic N) is 3. The molecule has 1 fully saturated rings. The maximum absolute atomic E-state index is 12.2. The maximum atomic E-state index is 12.2. The molecule has 3 rings (SSSR count). The average Bonchev–Trinajstić information content (AvgIpc) is 2.59. The predicted molar refractivity (Wildman–Crippen MR) is 89.9 cm³/mol. The van der Waals surface area contributed by atoms with E-state index in [2.05, 4.69) is 15.2 Å². The number of anilines is 2. The maximum Gasteiger partial charge on any atom is 0.263 e. The molecule has 0 aliphatic carbocycles. The topological polar surface area (TPSA) is 67.2 Å². The Morgan fingerprint density at radius 3 is 2.65 bits per heavy atom. The number of amides is 1. The van der Waals surface area contributed by atoms with Crippen molar-refractivity contribution in [2.75, 3.05) is 23.3 Å². The molecule has 0 bridgehead atoms. The summed E-state index contributed by atoms with van der Waals surface area (Å²) < 4.78 is 1.38. The molecule has 23 heavy (non-hydrogen) atoms. The van der Waals surface area contributed by atoms with Gasteiger partial charge in [-0.25, -0.2) is 4.98 Å². The minimum Gasteiger partial charge on any atom is -0.357 e. The summed E-state index contributed by atoms with van der Waals surface area (Å²) in [6.07, 6.45) is 6.91. The van der Waals surface area contributed by atoms with Crippen molar-refractivity contribution in [2.24, 2.45) is 7.05 Å². The third-order valence-corrected chi connectivity index (χ3v) is 4.05. The van der Waals surface area contributed by atoms with E-state index in [1.807, 2.05) is 12.1 Å². The van der Waals surface area contributed by atoms with Gasteiger partial charge in [0.2, 0.25) is 0 Å². The predicted octanol–water partition coefficient (Wildman–Crippen LogP) is 2.02. The first-order valence-electron chi connectivity index (χ1n) is 7.83. The number of carbonyl (C=O) groups is 1. The van der Waals surface area contributed by atoms with Gasteiger partial charge in [0, 0.05) is 26.3 Å². The van der Waals surface area contributed by atoms with Crippen LogP contribution in [-0.2, 0) is 7.05 Å². The molecule has 1 saturated heterocycles. The van der Waals surface area contributed by atoms with Crippen molar-refractivity contribution in [1.82, 2.24) is 9.55 Å². The van der Waals surface area contributed by atoms with Gasteiger partial charge in [-0.2, -0.15) is 0 Å². The minimum atomic E-state index is -0.418. The average molecular weight is 312 g/mol. The highest BCUT2D eigenvalue weighted by Gasteiger charge is 2.14. The number of nitrogens with one attached hydrogen (secondary N) is 1. The second-order valence-electron chi connectivity index (χ2n) is 5.74. The number of hydrogen-bond acceptors (Lipinski definition) is 4. The largest absolute Gasteiger partial charge is 0.357 e. The van der Waals surface area contributed by atoms with Crippen molar-refractivity contribution >= 4 is 17.4 Å². The molecule has 0 radical (unpaired) electrons. The summed E-state index contributed by atoms with van der Waals surface area (Å²) in [5, 5.41) is 2.72. The lowest BCUT2D eigenvalue weighted by molar-refractivity contribution is 0.102. The van der Waals surface area contributed by atoms with Gasteiger partial charge in [-0.15, -0.1) is 0 Å². The Hall–Kier alpha value is -2.63. The highest BCUT2D eigenvalue weighted by Crippen LogP contribution is 2.19. The van der Waals surface area contributed by atoms with E-state index in [1.54, 1.807) is 25.5 Å². The lowest BCUT2D eigenvalue weighted by Gasteiger charge is -2.27. The fourth-order valence-corrected chi connectivity index (χ4v) is 2.74. The minimum absolute atomic E-state index is 0.120. The lowest BCUT2D eigenvalue weighted by Crippen LogP contribution is -2.30. The van der Waals surface area contributed by atoms with Crippen LogP contribution < -0.4 is 15.8 Å². The van der Waals surface area contributed by atoms with Gasteiger partial charge in [-0.3, -0.25) is 9.59 Å². The summed E-state index contributed by atoms with van der Waals surface area (Å²) in [5.74, 6) is 0.511. The molecule has 6 heteroatoms. The van der Waals surface area contributed by atoms with E-state index in [9.17, 15) is 9.59 Å². The molecule has 1 aliphatic heterocycles. The zero-order valence-electron chi connectivity index (χ0n) is 13.2. The summed E-state index contributed by atoms with van der Waals surface area (Å²) in [6, 6.07) is 6.92. The van der Waals surface area contributed by atoms with E-state index in [1.165, 1.54) is 29.9 Å². The van der Waals surface area contributed by atoms with Gasteiger partial charge in [0.05, 0.1) is 11.9 Å². The molecule has 1 N–H and O–H groups in total. The standard InChI is InChI=1S/C17H20N4O2/c1-20-9-5-6-14(17(20)23)16(22)19-13-7-8-15(18-12-13)21-10-3-2-4-11-21/h5-9,12H,2-4,10-11H2,1H3,(H,19,22). The zero-order valence-corrected chi connectivity index (χ0v) is 13.2. The van der Waals surface area contributed by atoms with Crippen LogP contribution in [0, 0.1) is 0 Å². The molecular weight excluding hydrogens is 292 g/mol. The van der Waals surface area contributed by atoms with Crippen molar-refractivity contribution in [3.05, 3.63) is 52.6 Å². The summed E-state index contributed by atoms with van der Waals surface area (Å²) in [6.45, 7) is 2.05. The summed E-state index contributed by atoms with van der Waals surface area (Å²) in [4.78, 5) is 30.8. The van der Waals surface area contributed by atoms with Crippen LogP contribution in [0.4, 0.5) is 11.5 Å². The first-order chi connectivity index (χ1) is 11.1. The van der Waals surface area contributed by atoms with E-state index >= 15 is 0 Å². The molecule has 0 atom stereocenters. The van der Waals surface area contributed by atoms with Crippen LogP contribution in [0.15, 0.2) is 41.5 Å². The number of carbonyl (C=O) groups excluding carboxylic acids is 1. The molecule has 3 heterocycles. The van der Waals surface area contributed by atoms with Crippen molar-refractivity contribution in [3.8, 4) is 0 Å². The van der Waals surface area contributed by atoms with Crippen LogP contribution in [0.3, 0.4) is 0 Å². The van der Waals surface area contributed by atoms with E-state index in [0.29, 0.717) is 5.69 Å². The first-order valence-corrected chi connectivity index (χ1v) is 7.83. The van der Waals surface area contributed by atoms with Crippen molar-refractivity contribution in [2.45, 2.75) is 19.3 Å². The van der Waals surface area contributed by atoms with Gasteiger partial charge in [-0.1, -0.05) is 0 Å². The van der Waals surface area contributed by atoms with Gasteiger partial charge in [0.15, 0.2) is 0 Å². The molecular formula is C17H20N4O2. The van der Waals surface area contributed by atoms with Crippen LogP contribution >= 0.6 is 0 Å². The zero-order chi connectivity index (χ0) is 16.2. The van der Waals surface area contributed by atoms with Crippen LogP contribution in [0.1, 0.15) is 29.6 Å². The Morgan fingerprint density at radius 2 is 1.96 bits per heavy atom. The Labute approximate surface area is 134 Å². The highest BCUT2D eigenvalue weighted by atomic mass is 16.2. The van der Waals surface area contributed by atoms with Crippen molar-refractivity contribution < 1.29 is 4.79 Å². The fourth-order valence-electron chi connectivity index (χ4n) is 2.74. The molecule has 6 nitrogen and oxygen atoms in total. The third kappa shape index (κ3) is 3.41. The summed E-state index contributed by atoms with van der Waals surface area (Å²) in [5.41, 5.74) is 0.389. The molecule has 2 aromatic heterocycles. The Kier molecular flexibility index (Phi) is 4.41. The third-order valence-electron chi connectivity index (χ3n) is 4.05. The normalized spacial score (nSPS) is 14.6. The molecule has 0 spiro atoms. The van der Waals surface area contributed by atoms with E-state index in [-0.39, 0.29) is 11.1 Å². The molecule has 120 valence electrons. The molecule has 0 saturated carbocycles. The highest BCUT2D eigenvalue weighted by molar-refractivity contribution is 6.03. The Morgan fingerprint density at radius 1 is 1.17 bits per heavy atom. The quantitative estimate of drug-likeness (QED) is 0.941. The van der Waals surface area contributed by atoms with Gasteiger partial charge >= 0.3 is 0 Å². The van der Waals surface area contributed by atoms with Crippen molar-refractivity contribution in [1.29, 1.82) is 0 Å². The Balaban J connectivity index is 1.71. The van der Waals surface area contributed by atoms with Crippen LogP contribution in [-0.4, -0.2) is 28.5 Å². The summed E-state index contributed by atoms with van der Waals surface area (Å²) >= 11 is 0. The first kappa shape index (κ1) is 15.3. The number of aryl methyl sites for hydroxylation is 1. The number of aromatic nitrogens is 2. The number of hydrogen-bond donors (Lipinski definition) is 1. The van der Waals surface area contributed by atoms with Gasteiger partial charge in [0.1, 0.15) is 11.4 Å². The molecule has 1 amide bonds. The van der Waals surface area contributed by atoms with Crippen LogP contribution in [0.2, 0.25) is 0 Å². The molecule has 2 aromatic rings. The molecule has 0 unspecified atom stereocenters. The fraction of sp³-hybridized carbons (Fsp3) is 0.353. The molecule has 1 aliphatic rings. The lowest BCUT2D eigenvalue weighted by atomic mass is 10.1. The van der Waals surface area contributed by atoms with E-state index in [0.717, 1.165) is 18.9 Å². The van der Waals surface area contributed by atoms with E-state index < -0.39 is 5.91 Å². The monoisotopic (exact) mass is 312 g/mol. The Bertz CT molecular complexity index is 746. The number of pyridine rings is 2. The van der Waals surface area contributed by atoms with Crippen LogP contribution in [0.5, 0.6) is 0 Å². The number of rotatable bonds is 3. The second kappa shape index (κ2) is 6.64. The molecule has 0 aromatic carbocycles. The second-order valence-corrected chi connectivity index (χ2v) is 5.74. The van der Waals surface area contributed by atoms with Crippen LogP contribution in [0.25, 0.3) is 0 Å². The summed E-state index contributed by atoms with van der Waals surface area (Å²) in [7, 11) is 1.62. The van der Waals surface area contributed by atoms with Gasteiger partial charge in [-0.05, 0) is 43.5 Å². The van der Waals surface area contributed by atoms with Gasteiger partial charge in [0.25, 0.3) is 11.5 Å². The van der Waals surface area contributed by atoms with Gasteiger partial charge < -0.3 is 14.8 Å².